The van der Waals surface area contributed by atoms with E-state index in [2.05, 4.69) is 20.1 Å². The fraction of sp³-hybridized carbons (Fsp3) is 0.382. The van der Waals surface area contributed by atoms with Crippen molar-refractivity contribution < 1.29 is 129 Å². The van der Waals surface area contributed by atoms with Crippen molar-refractivity contribution in [3.05, 3.63) is 142 Å². The molecule has 0 aliphatic carbocycles. The molecule has 6 aromatic carbocycles. The van der Waals surface area contributed by atoms with E-state index in [4.69, 9.17) is 53.5 Å². The summed E-state index contributed by atoms with van der Waals surface area (Å²) < 4.78 is 101. The molecule has 0 bridgehead atoms. The first-order chi connectivity index (χ1) is 43.8. The van der Waals surface area contributed by atoms with Crippen molar-refractivity contribution in [2.24, 2.45) is 0 Å². The van der Waals surface area contributed by atoms with Crippen LogP contribution in [0.25, 0.3) is 0 Å². The van der Waals surface area contributed by atoms with E-state index >= 15 is 0 Å². The monoisotopic (exact) mass is 1330 g/mol. The number of carbonyl (C=O) groups excluding carboxylic acids is 4. The molecule has 0 unspecified atom stereocenters. The first-order valence-electron chi connectivity index (χ1n) is 29.6. The number of aromatic carboxylic acids is 2. The number of benzene rings is 6. The smallest absolute Gasteiger partial charge is 0.870 e. The number of methoxy groups -OCH3 is 2. The molecule has 0 saturated heterocycles. The van der Waals surface area contributed by atoms with Crippen molar-refractivity contribution in [1.82, 2.24) is 0 Å². The van der Waals surface area contributed by atoms with Crippen LogP contribution in [0.1, 0.15) is 166 Å². The first-order valence-corrected chi connectivity index (χ1v) is 29.6. The van der Waals surface area contributed by atoms with Crippen LogP contribution in [0, 0.1) is 17.5 Å². The van der Waals surface area contributed by atoms with Crippen LogP contribution < -0.4 is 77.9 Å². The molecule has 0 aliphatic rings. The number of hydrogen-bond acceptors (Lipinski definition) is 19. The molecule has 0 saturated carbocycles. The van der Waals surface area contributed by atoms with Gasteiger partial charge in [0, 0.05) is 28.2 Å². The van der Waals surface area contributed by atoms with E-state index < -0.39 is 58.7 Å². The average Bonchev–Trinajstić information content (AvgIpc) is 0.824. The van der Waals surface area contributed by atoms with Crippen molar-refractivity contribution >= 4 is 52.8 Å². The van der Waals surface area contributed by atoms with Crippen LogP contribution in [-0.2, 0) is 9.47 Å². The maximum absolute atomic E-state index is 14.2. The Morgan fingerprint density at radius 3 is 0.905 bits per heavy atom. The van der Waals surface area contributed by atoms with Crippen molar-refractivity contribution in [1.29, 1.82) is 0 Å². The summed E-state index contributed by atoms with van der Waals surface area (Å²) in [5, 5.41) is 23.3. The van der Waals surface area contributed by atoms with E-state index in [-0.39, 0.29) is 106 Å². The minimum Gasteiger partial charge on any atom is -0.870 e. The summed E-state index contributed by atoms with van der Waals surface area (Å²) in [6.45, 7) is 29.0. The standard InChI is InChI=1S/C23H28FNO6.C22H26FNO6.C15H22O5.C8H8FNO2.Li.H2O/c1-7-29-21-19(30-13(2)3)10-15(11-20(21)31-14(4)5)22(26)25-16-8-9-17(18(24)12-16)23(27)28-6;1-6-28-20-18(29-12(2)3)9-14(10-19(20)30-13(4)5)21(25)24-15-7-8-16(22(26)27)17(23)11-15;1-6-18-14-12(19-9(2)3)7-11(15(16)17)8-13(14)20-10(4)5;1-12-8(11)6-3-2-5(10)4-7(6)9;;/h8-14H,7H2,1-6H3,(H,25,26);7-13H,6H2,1-5H3,(H,24,25)(H,26,27);7-10H,6H2,1-5H3,(H,16,17);2-4H,10H2,1H3;;1H2/q;;;;+1;/p-1. The minimum atomic E-state index is -1.39. The number of rotatable bonds is 26. The van der Waals surface area contributed by atoms with Gasteiger partial charge in [0.15, 0.2) is 34.5 Å². The summed E-state index contributed by atoms with van der Waals surface area (Å²) in [7, 11) is 2.36. The predicted octanol–water partition coefficient (Wildman–Crippen LogP) is 11.0. The minimum absolute atomic E-state index is 0. The molecule has 7 N–H and O–H groups in total. The Labute approximate surface area is 563 Å². The number of hydrogen-bond donors (Lipinski definition) is 5. The number of carboxylic acid groups (broad SMARTS) is 2. The van der Waals surface area contributed by atoms with Crippen LogP contribution in [0.2, 0.25) is 0 Å². The van der Waals surface area contributed by atoms with E-state index in [1.165, 1.54) is 61.7 Å². The summed E-state index contributed by atoms with van der Waals surface area (Å²) in [6.07, 6.45) is -0.858. The molecule has 0 heterocycles. The van der Waals surface area contributed by atoms with Gasteiger partial charge in [0.25, 0.3) is 11.8 Å². The Morgan fingerprint density at radius 2 is 0.674 bits per heavy atom. The van der Waals surface area contributed by atoms with Gasteiger partial charge >= 0.3 is 42.7 Å². The summed E-state index contributed by atoms with van der Waals surface area (Å²) in [6, 6.07) is 19.9. The summed E-state index contributed by atoms with van der Waals surface area (Å²) in [5.41, 5.74) is 5.62. The summed E-state index contributed by atoms with van der Waals surface area (Å²) in [5.74, 6) is -3.91. The molecule has 6 rings (SSSR count). The second-order valence-corrected chi connectivity index (χ2v) is 21.3. The number of nitrogen functional groups attached to an aromatic ring is 1. The average molecular weight is 1330 g/mol. The quantitative estimate of drug-likeness (QED) is 0.0191. The number of carboxylic acids is 2. The number of anilines is 3. The third-order valence-electron chi connectivity index (χ3n) is 11.4. The molecule has 0 atom stereocenters. The molecule has 23 nitrogen and oxygen atoms in total. The van der Waals surface area contributed by atoms with Crippen LogP contribution in [0.3, 0.4) is 0 Å². The van der Waals surface area contributed by atoms with Gasteiger partial charge in [-0.2, -0.15) is 0 Å². The Bertz CT molecular complexity index is 3430. The second-order valence-electron chi connectivity index (χ2n) is 21.3. The van der Waals surface area contributed by atoms with Crippen molar-refractivity contribution in [3.8, 4) is 51.7 Å². The number of amides is 2. The third-order valence-corrected chi connectivity index (χ3v) is 11.4. The molecule has 27 heteroatoms. The maximum Gasteiger partial charge on any atom is 1.00 e. The van der Waals surface area contributed by atoms with Gasteiger partial charge in [-0.1, -0.05) is 0 Å². The number of nitrogens with two attached hydrogens (primary N) is 1. The van der Waals surface area contributed by atoms with E-state index in [0.717, 1.165) is 31.4 Å². The number of halogens is 3. The zero-order valence-corrected chi connectivity index (χ0v) is 56.7. The topological polar surface area (TPSA) is 324 Å². The van der Waals surface area contributed by atoms with Crippen LogP contribution in [0.15, 0.2) is 91.0 Å². The Hall–Kier alpha value is -9.51. The van der Waals surface area contributed by atoms with Crippen LogP contribution >= 0.6 is 0 Å². The zero-order valence-electron chi connectivity index (χ0n) is 56.7. The second kappa shape index (κ2) is 40.6. The van der Waals surface area contributed by atoms with Gasteiger partial charge < -0.3 is 84.2 Å². The van der Waals surface area contributed by atoms with Gasteiger partial charge in [-0.25, -0.2) is 32.3 Å². The molecule has 0 fully saturated rings. The SMILES string of the molecule is CCOc1c(OC(C)C)cc(C(=O)Nc2ccc(C(=O)O)c(F)c2)cc1OC(C)C.CCOc1c(OC(C)C)cc(C(=O)Nc2ccc(C(=O)OC)c(F)c2)cc1OC(C)C.CCOc1c(OC(C)C)cc(C(=O)O)cc1OC(C)C.COC(=O)c1ccc(N)cc1F.[Li+].[OH-]. The van der Waals surface area contributed by atoms with Gasteiger partial charge in [0.2, 0.25) is 17.2 Å². The molecule has 0 spiro atoms. The van der Waals surface area contributed by atoms with E-state index in [0.29, 0.717) is 71.6 Å². The fourth-order valence-corrected chi connectivity index (χ4v) is 7.87. The van der Waals surface area contributed by atoms with Gasteiger partial charge in [-0.3, -0.25) is 9.59 Å². The van der Waals surface area contributed by atoms with E-state index in [9.17, 15) is 47.0 Å². The Kier molecular flexibility index (Phi) is 35.7. The van der Waals surface area contributed by atoms with Gasteiger partial charge in [0.1, 0.15) is 17.5 Å². The zero-order chi connectivity index (χ0) is 70.0. The summed E-state index contributed by atoms with van der Waals surface area (Å²) in [4.78, 5) is 70.2. The van der Waals surface area contributed by atoms with Crippen LogP contribution in [-0.4, -0.2) is 122 Å². The van der Waals surface area contributed by atoms with Gasteiger partial charge in [-0.15, -0.1) is 0 Å². The number of ether oxygens (including phenoxy) is 11. The molecule has 95 heavy (non-hydrogen) atoms. The largest absolute Gasteiger partial charge is 1.00 e. The third kappa shape index (κ3) is 26.8. The number of nitrogens with one attached hydrogen (secondary N) is 2. The molecule has 2 amide bonds. The van der Waals surface area contributed by atoms with Gasteiger partial charge in [0.05, 0.1) is 92.9 Å². The van der Waals surface area contributed by atoms with Crippen molar-refractivity contribution in [2.75, 3.05) is 50.4 Å². The van der Waals surface area contributed by atoms with Crippen LogP contribution in [0.4, 0.5) is 30.2 Å². The normalized spacial score (nSPS) is 10.4. The van der Waals surface area contributed by atoms with Crippen molar-refractivity contribution in [2.45, 2.75) is 140 Å². The van der Waals surface area contributed by atoms with E-state index in [1.54, 1.807) is 12.1 Å². The van der Waals surface area contributed by atoms with Crippen molar-refractivity contribution in [3.63, 3.8) is 0 Å². The molecular formula is C68H85F3LiN3O20. The molecule has 0 aromatic heterocycles. The summed E-state index contributed by atoms with van der Waals surface area (Å²) >= 11 is 0. The Balaban J connectivity index is 0.000000659. The molecule has 6 aromatic rings. The maximum atomic E-state index is 14.2. The molecule has 514 valence electrons. The Morgan fingerprint density at radius 1 is 0.411 bits per heavy atom. The molecule has 0 aliphatic heterocycles. The fourth-order valence-electron chi connectivity index (χ4n) is 7.87. The molecule has 0 radical (unpaired) electrons. The molecular weight excluding hydrogens is 1240 g/mol. The number of esters is 2. The van der Waals surface area contributed by atoms with Crippen LogP contribution in [0.5, 0.6) is 51.7 Å². The predicted molar refractivity (Wildman–Crippen MR) is 345 cm³/mol. The van der Waals surface area contributed by atoms with E-state index in [1.807, 2.05) is 104 Å². The number of carbonyl (C=O) groups is 6. The van der Waals surface area contributed by atoms with Gasteiger partial charge in [-0.05, 0) is 195 Å². The first kappa shape index (κ1) is 83.5.